The number of carbonyl (C=O) groups excluding carboxylic acids is 1. The van der Waals surface area contributed by atoms with Crippen molar-refractivity contribution in [2.45, 2.75) is 6.42 Å². The molecule has 0 spiro atoms. The highest BCUT2D eigenvalue weighted by atomic mass is 16.1. The lowest BCUT2D eigenvalue weighted by molar-refractivity contribution is 0.542. The average Bonchev–Trinajstić information content (AvgIpc) is 2.07. The Morgan fingerprint density at radius 3 is 2.82 bits per heavy atom. The molecule has 1 heterocycles. The topological polar surface area (TPSA) is 42.0 Å². The Morgan fingerprint density at radius 1 is 1.45 bits per heavy atom. The Labute approximate surface area is 65.5 Å². The third-order valence-corrected chi connectivity index (χ3v) is 1.36. The molecule has 1 radical (unpaired) electrons. The van der Waals surface area contributed by atoms with E-state index in [1.165, 1.54) is 5.56 Å². The first-order valence-corrected chi connectivity index (χ1v) is 3.42. The van der Waals surface area contributed by atoms with Crippen LogP contribution in [0.1, 0.15) is 5.56 Å². The zero-order valence-corrected chi connectivity index (χ0v) is 6.08. The van der Waals surface area contributed by atoms with Crippen molar-refractivity contribution in [2.24, 2.45) is 0 Å². The van der Waals surface area contributed by atoms with Gasteiger partial charge in [-0.2, -0.15) is 0 Å². The van der Waals surface area contributed by atoms with Crippen molar-refractivity contribution >= 4 is 6.41 Å². The minimum Gasteiger partial charge on any atom is -0.348 e. The number of hydrogen-bond donors (Lipinski definition) is 1. The van der Waals surface area contributed by atoms with Crippen molar-refractivity contribution in [1.29, 1.82) is 0 Å². The predicted molar refractivity (Wildman–Crippen MR) is 41.6 cm³/mol. The lowest BCUT2D eigenvalue weighted by Crippen LogP contribution is -2.14. The minimum atomic E-state index is 0.632. The van der Waals surface area contributed by atoms with E-state index < -0.39 is 0 Å². The van der Waals surface area contributed by atoms with Crippen LogP contribution >= 0.6 is 0 Å². The van der Waals surface area contributed by atoms with Gasteiger partial charge in [-0.3, -0.25) is 9.78 Å². The van der Waals surface area contributed by atoms with Crippen LogP contribution in [0.15, 0.2) is 24.5 Å². The molecule has 0 aliphatic heterocycles. The van der Waals surface area contributed by atoms with Gasteiger partial charge in [0.05, 0.1) is 0 Å². The van der Waals surface area contributed by atoms with E-state index in [2.05, 4.69) is 10.3 Å². The summed E-state index contributed by atoms with van der Waals surface area (Å²) in [6, 6.07) is 3.85. The molecule has 0 bridgehead atoms. The van der Waals surface area contributed by atoms with Crippen LogP contribution in [0.2, 0.25) is 0 Å². The van der Waals surface area contributed by atoms with Crippen LogP contribution in [0.25, 0.3) is 0 Å². The molecule has 0 aromatic carbocycles. The third kappa shape index (κ3) is 2.80. The summed E-state index contributed by atoms with van der Waals surface area (Å²) in [7, 11) is 0. The maximum Gasteiger partial charge on any atom is 0.309 e. The molecular weight excluding hydrogens is 140 g/mol. The van der Waals surface area contributed by atoms with Gasteiger partial charge in [-0.05, 0) is 24.1 Å². The van der Waals surface area contributed by atoms with Crippen molar-refractivity contribution in [3.63, 3.8) is 0 Å². The summed E-state index contributed by atoms with van der Waals surface area (Å²) in [5.74, 6) is 0. The Balaban J connectivity index is 2.33. The predicted octanol–water partition coefficient (Wildman–Crippen LogP) is 0.281. The van der Waals surface area contributed by atoms with Gasteiger partial charge in [0, 0.05) is 18.9 Å². The Hall–Kier alpha value is -1.38. The molecule has 0 fully saturated rings. The molecule has 0 atom stereocenters. The zero-order valence-electron chi connectivity index (χ0n) is 6.08. The van der Waals surface area contributed by atoms with Gasteiger partial charge in [0.15, 0.2) is 0 Å². The summed E-state index contributed by atoms with van der Waals surface area (Å²) in [5, 5.41) is 2.47. The molecule has 1 amide bonds. The molecule has 1 aromatic rings. The minimum absolute atomic E-state index is 0.632. The van der Waals surface area contributed by atoms with Gasteiger partial charge >= 0.3 is 6.41 Å². The first-order chi connectivity index (χ1) is 5.43. The number of hydrogen-bond acceptors (Lipinski definition) is 2. The molecule has 0 saturated heterocycles. The molecule has 1 N–H and O–H groups in total. The van der Waals surface area contributed by atoms with Gasteiger partial charge in [0.25, 0.3) is 0 Å². The molecule has 3 nitrogen and oxygen atoms in total. The van der Waals surface area contributed by atoms with Gasteiger partial charge < -0.3 is 5.32 Å². The highest BCUT2D eigenvalue weighted by molar-refractivity contribution is 5.46. The molecular formula is C8H9N2O. The summed E-state index contributed by atoms with van der Waals surface area (Å²) in [6.45, 7) is 0.632. The molecule has 1 rings (SSSR count). The smallest absolute Gasteiger partial charge is 0.309 e. The van der Waals surface area contributed by atoms with Gasteiger partial charge in [-0.25, -0.2) is 0 Å². The van der Waals surface area contributed by atoms with E-state index in [0.29, 0.717) is 6.54 Å². The van der Waals surface area contributed by atoms with Crippen molar-refractivity contribution < 1.29 is 4.79 Å². The van der Waals surface area contributed by atoms with Crippen molar-refractivity contribution in [3.8, 4) is 0 Å². The second-order valence-electron chi connectivity index (χ2n) is 2.13. The largest absolute Gasteiger partial charge is 0.348 e. The second-order valence-corrected chi connectivity index (χ2v) is 2.13. The van der Waals surface area contributed by atoms with E-state index in [-0.39, 0.29) is 0 Å². The second kappa shape index (κ2) is 4.44. The maximum absolute atomic E-state index is 9.75. The third-order valence-electron chi connectivity index (χ3n) is 1.36. The molecule has 11 heavy (non-hydrogen) atoms. The lowest BCUT2D eigenvalue weighted by Gasteiger charge is -1.97. The van der Waals surface area contributed by atoms with Gasteiger partial charge in [-0.15, -0.1) is 0 Å². The van der Waals surface area contributed by atoms with E-state index in [0.717, 1.165) is 6.42 Å². The van der Waals surface area contributed by atoms with Crippen molar-refractivity contribution in [2.75, 3.05) is 6.54 Å². The number of nitrogens with one attached hydrogen (secondary N) is 1. The fourth-order valence-electron chi connectivity index (χ4n) is 0.807. The molecule has 1 aromatic heterocycles. The van der Waals surface area contributed by atoms with Crippen LogP contribution in [0.3, 0.4) is 0 Å². The molecule has 0 unspecified atom stereocenters. The highest BCUT2D eigenvalue weighted by Crippen LogP contribution is 1.95. The number of rotatable bonds is 4. The number of pyridine rings is 1. The summed E-state index contributed by atoms with van der Waals surface area (Å²) in [6.07, 6.45) is 5.93. The van der Waals surface area contributed by atoms with Gasteiger partial charge in [0.1, 0.15) is 0 Å². The summed E-state index contributed by atoms with van der Waals surface area (Å²) in [4.78, 5) is 13.6. The Kier molecular flexibility index (Phi) is 3.12. The first-order valence-electron chi connectivity index (χ1n) is 3.42. The standard InChI is InChI=1S/C8H9N2O/c11-7-10-6-3-8-1-4-9-5-2-8/h1-2,4-5H,3,6H2,(H,10,11). The lowest BCUT2D eigenvalue weighted by atomic mass is 10.2. The number of amides is 1. The van der Waals surface area contributed by atoms with Crippen LogP contribution in [0, 0.1) is 0 Å². The molecule has 3 heteroatoms. The van der Waals surface area contributed by atoms with E-state index in [1.54, 1.807) is 18.8 Å². The van der Waals surface area contributed by atoms with Crippen molar-refractivity contribution in [1.82, 2.24) is 10.3 Å². The van der Waals surface area contributed by atoms with E-state index >= 15 is 0 Å². The van der Waals surface area contributed by atoms with Crippen LogP contribution in [0.4, 0.5) is 0 Å². The molecule has 0 aliphatic rings. The monoisotopic (exact) mass is 149 g/mol. The molecule has 0 aliphatic carbocycles. The summed E-state index contributed by atoms with van der Waals surface area (Å²) >= 11 is 0. The molecule has 57 valence electrons. The SMILES string of the molecule is O=[C]NCCc1ccncc1. The number of aromatic nitrogens is 1. The van der Waals surface area contributed by atoms with Crippen LogP contribution in [-0.4, -0.2) is 17.9 Å². The summed E-state index contributed by atoms with van der Waals surface area (Å²) < 4.78 is 0. The van der Waals surface area contributed by atoms with Gasteiger partial charge in [0.2, 0.25) is 0 Å². The fourth-order valence-corrected chi connectivity index (χ4v) is 0.807. The van der Waals surface area contributed by atoms with E-state index in [9.17, 15) is 4.79 Å². The Morgan fingerprint density at radius 2 is 2.18 bits per heavy atom. The van der Waals surface area contributed by atoms with Crippen LogP contribution in [0.5, 0.6) is 0 Å². The number of nitrogens with zero attached hydrogens (tertiary/aromatic N) is 1. The fraction of sp³-hybridized carbons (Fsp3) is 0.250. The first kappa shape index (κ1) is 7.72. The van der Waals surface area contributed by atoms with E-state index in [1.807, 2.05) is 12.1 Å². The zero-order chi connectivity index (χ0) is 7.94. The normalized spacial score (nSPS) is 9.09. The quantitative estimate of drug-likeness (QED) is 0.493. The van der Waals surface area contributed by atoms with Crippen molar-refractivity contribution in [3.05, 3.63) is 30.1 Å². The maximum atomic E-state index is 9.75. The summed E-state index contributed by atoms with van der Waals surface area (Å²) in [5.41, 5.74) is 1.17. The van der Waals surface area contributed by atoms with Crippen LogP contribution < -0.4 is 5.32 Å². The highest BCUT2D eigenvalue weighted by Gasteiger charge is 1.89. The van der Waals surface area contributed by atoms with Crippen LogP contribution in [-0.2, 0) is 11.2 Å². The Bertz CT molecular complexity index is 211. The van der Waals surface area contributed by atoms with E-state index in [4.69, 9.17) is 0 Å². The van der Waals surface area contributed by atoms with Gasteiger partial charge in [-0.1, -0.05) is 0 Å². The molecule has 0 saturated carbocycles. The average molecular weight is 149 g/mol.